The normalized spacial score (nSPS) is 13.1. The maximum absolute atomic E-state index is 5.79. The number of thiazole rings is 1. The maximum Gasteiger partial charge on any atom is 0.184 e. The van der Waals surface area contributed by atoms with Gasteiger partial charge in [0.15, 0.2) is 5.13 Å². The van der Waals surface area contributed by atoms with Crippen LogP contribution < -0.4 is 11.1 Å². The van der Waals surface area contributed by atoms with E-state index >= 15 is 0 Å². The number of benzene rings is 1. The first kappa shape index (κ1) is 14.1. The van der Waals surface area contributed by atoms with E-state index in [0.717, 1.165) is 40.7 Å². The molecular formula is C14H22N4S. The second-order valence-corrected chi connectivity index (χ2v) is 5.81. The summed E-state index contributed by atoms with van der Waals surface area (Å²) in [6.45, 7) is 9.77. The molecule has 0 radical (unpaired) electrons. The fraction of sp³-hybridized carbons (Fsp3) is 0.500. The molecule has 4 nitrogen and oxygen atoms in total. The maximum atomic E-state index is 5.79. The highest BCUT2D eigenvalue weighted by Gasteiger charge is 2.10. The third-order valence-electron chi connectivity index (χ3n) is 3.21. The molecule has 3 N–H and O–H groups in total. The number of rotatable bonds is 6. The minimum absolute atomic E-state index is 0.387. The van der Waals surface area contributed by atoms with E-state index in [4.69, 9.17) is 5.73 Å². The van der Waals surface area contributed by atoms with Crippen LogP contribution in [0.1, 0.15) is 20.8 Å². The first-order chi connectivity index (χ1) is 9.12. The lowest BCUT2D eigenvalue weighted by molar-refractivity contribution is 0.295. The Bertz CT molecular complexity index is 533. The molecule has 1 atom stereocenters. The van der Waals surface area contributed by atoms with E-state index in [9.17, 15) is 0 Å². The third kappa shape index (κ3) is 3.58. The summed E-state index contributed by atoms with van der Waals surface area (Å²) in [5.41, 5.74) is 7.59. The minimum Gasteiger partial charge on any atom is -0.399 e. The number of hydrogen-bond acceptors (Lipinski definition) is 5. The average Bonchev–Trinajstić information content (AvgIpc) is 2.77. The van der Waals surface area contributed by atoms with Crippen LogP contribution in [0, 0.1) is 0 Å². The molecule has 0 aliphatic carbocycles. The van der Waals surface area contributed by atoms with Gasteiger partial charge in [0.2, 0.25) is 0 Å². The Kier molecular flexibility index (Phi) is 4.61. The lowest BCUT2D eigenvalue weighted by atomic mass is 10.3. The van der Waals surface area contributed by atoms with Crippen molar-refractivity contribution in [3.05, 3.63) is 18.2 Å². The van der Waals surface area contributed by atoms with Crippen molar-refractivity contribution in [2.24, 2.45) is 0 Å². The summed E-state index contributed by atoms with van der Waals surface area (Å²) in [4.78, 5) is 6.99. The van der Waals surface area contributed by atoms with Crippen LogP contribution in [0.2, 0.25) is 0 Å². The second-order valence-electron chi connectivity index (χ2n) is 4.78. The predicted octanol–water partition coefficient (Wildman–Crippen LogP) is 3.02. The molecule has 0 aliphatic rings. The molecule has 1 unspecified atom stereocenters. The predicted molar refractivity (Wildman–Crippen MR) is 84.9 cm³/mol. The van der Waals surface area contributed by atoms with Gasteiger partial charge in [0.05, 0.1) is 10.2 Å². The van der Waals surface area contributed by atoms with Crippen molar-refractivity contribution in [2.75, 3.05) is 30.7 Å². The van der Waals surface area contributed by atoms with Gasteiger partial charge in [0, 0.05) is 18.3 Å². The number of nitrogen functional groups attached to an aromatic ring is 1. The van der Waals surface area contributed by atoms with Crippen molar-refractivity contribution < 1.29 is 0 Å². The van der Waals surface area contributed by atoms with Crippen molar-refractivity contribution >= 4 is 32.4 Å². The Morgan fingerprint density at radius 3 is 2.79 bits per heavy atom. The van der Waals surface area contributed by atoms with Gasteiger partial charge in [0.25, 0.3) is 0 Å². The topological polar surface area (TPSA) is 54.2 Å². The van der Waals surface area contributed by atoms with Crippen LogP contribution >= 0.6 is 11.3 Å². The molecule has 1 aromatic carbocycles. The van der Waals surface area contributed by atoms with E-state index in [2.05, 4.69) is 36.0 Å². The molecule has 0 saturated heterocycles. The largest absolute Gasteiger partial charge is 0.399 e. The zero-order chi connectivity index (χ0) is 13.8. The highest BCUT2D eigenvalue weighted by atomic mass is 32.1. The Hall–Kier alpha value is -1.33. The van der Waals surface area contributed by atoms with E-state index in [1.165, 1.54) is 0 Å². The van der Waals surface area contributed by atoms with Crippen molar-refractivity contribution in [3.8, 4) is 0 Å². The van der Waals surface area contributed by atoms with Crippen LogP contribution in [0.15, 0.2) is 18.2 Å². The van der Waals surface area contributed by atoms with Crippen LogP contribution in [0.4, 0.5) is 10.8 Å². The number of hydrogen-bond donors (Lipinski definition) is 2. The summed E-state index contributed by atoms with van der Waals surface area (Å²) in [5.74, 6) is 0. The van der Waals surface area contributed by atoms with E-state index in [1.807, 2.05) is 18.2 Å². The summed E-state index contributed by atoms with van der Waals surface area (Å²) in [7, 11) is 0. The first-order valence-electron chi connectivity index (χ1n) is 6.77. The van der Waals surface area contributed by atoms with Gasteiger partial charge in [-0.05, 0) is 38.2 Å². The van der Waals surface area contributed by atoms with Crippen LogP contribution in [0.25, 0.3) is 10.2 Å². The van der Waals surface area contributed by atoms with Crippen molar-refractivity contribution in [2.45, 2.75) is 26.8 Å². The smallest absolute Gasteiger partial charge is 0.184 e. The molecule has 1 heterocycles. The number of nitrogens with zero attached hydrogens (tertiary/aromatic N) is 2. The van der Waals surface area contributed by atoms with Gasteiger partial charge in [-0.2, -0.15) is 0 Å². The number of anilines is 2. The third-order valence-corrected chi connectivity index (χ3v) is 4.16. The van der Waals surface area contributed by atoms with Crippen molar-refractivity contribution in [3.63, 3.8) is 0 Å². The molecule has 0 bridgehead atoms. The van der Waals surface area contributed by atoms with Gasteiger partial charge >= 0.3 is 0 Å². The van der Waals surface area contributed by atoms with E-state index in [1.54, 1.807) is 11.3 Å². The van der Waals surface area contributed by atoms with Gasteiger partial charge in [-0.1, -0.05) is 25.2 Å². The lowest BCUT2D eigenvalue weighted by Gasteiger charge is -2.23. The van der Waals surface area contributed by atoms with Gasteiger partial charge in [-0.15, -0.1) is 0 Å². The summed E-state index contributed by atoms with van der Waals surface area (Å²) in [6.07, 6.45) is 0. The molecule has 0 aliphatic heterocycles. The standard InChI is InChI=1S/C14H22N4S/c1-4-18(5-2)9-10(3)16-14-17-12-7-6-11(15)8-13(12)19-14/h6-8,10H,4-5,9,15H2,1-3H3,(H,16,17). The van der Waals surface area contributed by atoms with Crippen molar-refractivity contribution in [1.82, 2.24) is 9.88 Å². The summed E-state index contributed by atoms with van der Waals surface area (Å²) < 4.78 is 1.14. The zero-order valence-corrected chi connectivity index (χ0v) is 12.6. The van der Waals surface area contributed by atoms with E-state index in [0.29, 0.717) is 6.04 Å². The number of fused-ring (bicyclic) bond motifs is 1. The Morgan fingerprint density at radius 2 is 2.11 bits per heavy atom. The molecule has 0 spiro atoms. The number of nitrogens with two attached hydrogens (primary N) is 1. The number of aromatic nitrogens is 1. The van der Waals surface area contributed by atoms with Crippen molar-refractivity contribution in [1.29, 1.82) is 0 Å². The number of likely N-dealkylation sites (N-methyl/N-ethyl adjacent to an activating group) is 1. The molecule has 2 rings (SSSR count). The molecule has 19 heavy (non-hydrogen) atoms. The van der Waals surface area contributed by atoms with Gasteiger partial charge < -0.3 is 16.0 Å². The van der Waals surface area contributed by atoms with E-state index < -0.39 is 0 Å². The summed E-state index contributed by atoms with van der Waals surface area (Å²) >= 11 is 1.66. The fourth-order valence-corrected chi connectivity index (χ4v) is 3.15. The SMILES string of the molecule is CCN(CC)CC(C)Nc1nc2ccc(N)cc2s1. The quantitative estimate of drug-likeness (QED) is 0.798. The second kappa shape index (κ2) is 6.21. The molecule has 5 heteroatoms. The molecule has 104 valence electrons. The highest BCUT2D eigenvalue weighted by Crippen LogP contribution is 2.27. The molecule has 0 saturated carbocycles. The summed E-state index contributed by atoms with van der Waals surface area (Å²) in [6, 6.07) is 6.23. The van der Waals surface area contributed by atoms with Crippen LogP contribution in [0.3, 0.4) is 0 Å². The van der Waals surface area contributed by atoms with Crippen LogP contribution in [0.5, 0.6) is 0 Å². The van der Waals surface area contributed by atoms with Gasteiger partial charge in [-0.25, -0.2) is 4.98 Å². The molecule has 0 amide bonds. The minimum atomic E-state index is 0.387. The fourth-order valence-electron chi connectivity index (χ4n) is 2.13. The van der Waals surface area contributed by atoms with Crippen LogP contribution in [-0.2, 0) is 0 Å². The monoisotopic (exact) mass is 278 g/mol. The average molecular weight is 278 g/mol. The van der Waals surface area contributed by atoms with Gasteiger partial charge in [-0.3, -0.25) is 0 Å². The lowest BCUT2D eigenvalue weighted by Crippen LogP contribution is -2.34. The zero-order valence-electron chi connectivity index (χ0n) is 11.8. The van der Waals surface area contributed by atoms with Crippen LogP contribution in [-0.4, -0.2) is 35.6 Å². The highest BCUT2D eigenvalue weighted by molar-refractivity contribution is 7.22. The number of nitrogens with one attached hydrogen (secondary N) is 1. The van der Waals surface area contributed by atoms with Gasteiger partial charge in [0.1, 0.15) is 0 Å². The molecule has 1 aromatic heterocycles. The molecule has 0 fully saturated rings. The Labute approximate surface area is 118 Å². The Morgan fingerprint density at radius 1 is 1.37 bits per heavy atom. The van der Waals surface area contributed by atoms with E-state index in [-0.39, 0.29) is 0 Å². The molecular weight excluding hydrogens is 256 g/mol. The summed E-state index contributed by atoms with van der Waals surface area (Å²) in [5, 5.41) is 4.45. The Balaban J connectivity index is 2.04. The molecule has 2 aromatic rings. The first-order valence-corrected chi connectivity index (χ1v) is 7.59.